The highest BCUT2D eigenvalue weighted by atomic mass is 16.5. The fourth-order valence-electron chi connectivity index (χ4n) is 2.75. The summed E-state index contributed by atoms with van der Waals surface area (Å²) in [4.78, 5) is 23.2. The number of benzene rings is 2. The first kappa shape index (κ1) is 21.3. The van der Waals surface area contributed by atoms with Crippen molar-refractivity contribution in [3.63, 3.8) is 0 Å². The minimum atomic E-state index is -0.118. The molecule has 0 atom stereocenters. The quantitative estimate of drug-likeness (QED) is 0.659. The summed E-state index contributed by atoms with van der Waals surface area (Å²) in [6.45, 7) is 7.03. The Kier molecular flexibility index (Phi) is 8.34. The number of ether oxygens (including phenoxy) is 2. The lowest BCUT2D eigenvalue weighted by atomic mass is 10.1. The van der Waals surface area contributed by atoms with Crippen LogP contribution < -0.4 is 20.1 Å². The van der Waals surface area contributed by atoms with Gasteiger partial charge in [-0.3, -0.25) is 9.59 Å². The van der Waals surface area contributed by atoms with Crippen molar-refractivity contribution in [2.45, 2.75) is 33.6 Å². The van der Waals surface area contributed by atoms with Gasteiger partial charge in [0.05, 0.1) is 19.6 Å². The van der Waals surface area contributed by atoms with E-state index in [1.165, 1.54) is 6.92 Å². The van der Waals surface area contributed by atoms with Crippen LogP contribution in [-0.4, -0.2) is 31.6 Å². The van der Waals surface area contributed by atoms with Crippen LogP contribution in [0.5, 0.6) is 11.5 Å². The number of anilines is 1. The Morgan fingerprint density at radius 3 is 2.18 bits per heavy atom. The third kappa shape index (κ3) is 6.95. The second-order valence-corrected chi connectivity index (χ2v) is 6.30. The number of carbonyl (C=O) groups excluding carboxylic acids is 2. The van der Waals surface area contributed by atoms with Crippen LogP contribution in [0.2, 0.25) is 0 Å². The van der Waals surface area contributed by atoms with Gasteiger partial charge in [0, 0.05) is 19.2 Å². The van der Waals surface area contributed by atoms with E-state index in [0.29, 0.717) is 32.6 Å². The van der Waals surface area contributed by atoms with E-state index in [1.807, 2.05) is 44.2 Å². The van der Waals surface area contributed by atoms with Crippen molar-refractivity contribution in [3.05, 3.63) is 53.6 Å². The predicted octanol–water partition coefficient (Wildman–Crippen LogP) is 3.34. The third-order valence-electron chi connectivity index (χ3n) is 3.98. The van der Waals surface area contributed by atoms with Crippen molar-refractivity contribution in [2.75, 3.05) is 25.1 Å². The minimum absolute atomic E-state index is 0.0387. The lowest BCUT2D eigenvalue weighted by Gasteiger charge is -2.12. The van der Waals surface area contributed by atoms with Gasteiger partial charge in [0.2, 0.25) is 11.8 Å². The second kappa shape index (κ2) is 11.0. The molecule has 0 bridgehead atoms. The van der Waals surface area contributed by atoms with Gasteiger partial charge in [-0.25, -0.2) is 0 Å². The first-order valence-electron chi connectivity index (χ1n) is 9.53. The zero-order chi connectivity index (χ0) is 20.4. The molecule has 0 fully saturated rings. The van der Waals surface area contributed by atoms with Gasteiger partial charge in [0.25, 0.3) is 0 Å². The number of amides is 2. The Bertz CT molecular complexity index is 788. The third-order valence-corrected chi connectivity index (χ3v) is 3.98. The number of rotatable bonds is 10. The molecule has 2 rings (SSSR count). The van der Waals surface area contributed by atoms with Gasteiger partial charge in [-0.05, 0) is 55.7 Å². The Balaban J connectivity index is 1.83. The van der Waals surface area contributed by atoms with Crippen LogP contribution in [0.1, 0.15) is 31.9 Å². The van der Waals surface area contributed by atoms with Crippen LogP contribution in [0.25, 0.3) is 0 Å². The van der Waals surface area contributed by atoms with Crippen molar-refractivity contribution in [3.8, 4) is 11.5 Å². The van der Waals surface area contributed by atoms with Crippen LogP contribution >= 0.6 is 0 Å². The molecule has 0 saturated heterocycles. The molecular weight excluding hydrogens is 356 g/mol. The van der Waals surface area contributed by atoms with Crippen LogP contribution in [0, 0.1) is 0 Å². The molecule has 150 valence electrons. The van der Waals surface area contributed by atoms with E-state index in [0.717, 1.165) is 28.3 Å². The molecule has 0 aliphatic rings. The van der Waals surface area contributed by atoms with Crippen LogP contribution in [0.3, 0.4) is 0 Å². The maximum Gasteiger partial charge on any atom is 0.224 e. The first-order valence-corrected chi connectivity index (χ1v) is 9.53. The van der Waals surface area contributed by atoms with E-state index >= 15 is 0 Å². The number of nitrogens with one attached hydrogen (secondary N) is 2. The van der Waals surface area contributed by atoms with Crippen molar-refractivity contribution >= 4 is 17.5 Å². The van der Waals surface area contributed by atoms with Crippen molar-refractivity contribution in [1.29, 1.82) is 0 Å². The monoisotopic (exact) mass is 384 g/mol. The summed E-state index contributed by atoms with van der Waals surface area (Å²) < 4.78 is 11.2. The normalized spacial score (nSPS) is 10.2. The fraction of sp³-hybridized carbons (Fsp3) is 0.364. The van der Waals surface area contributed by atoms with Crippen molar-refractivity contribution in [2.24, 2.45) is 0 Å². The SMILES string of the molecule is CCOc1ccc(CCNC(=O)Cc2ccc(NC(C)=O)cc2)cc1OCC. The summed E-state index contributed by atoms with van der Waals surface area (Å²) in [7, 11) is 0. The molecule has 0 aromatic heterocycles. The number of hydrogen-bond acceptors (Lipinski definition) is 4. The standard InChI is InChI=1S/C22H28N2O4/c1-4-27-20-11-8-18(14-21(20)28-5-2)12-13-23-22(26)15-17-6-9-19(10-7-17)24-16(3)25/h6-11,14H,4-5,12-13,15H2,1-3H3,(H,23,26)(H,24,25). The lowest BCUT2D eigenvalue weighted by Crippen LogP contribution is -2.27. The molecule has 0 radical (unpaired) electrons. The lowest BCUT2D eigenvalue weighted by molar-refractivity contribution is -0.120. The van der Waals surface area contributed by atoms with Gasteiger partial charge in [0.1, 0.15) is 0 Å². The summed E-state index contributed by atoms with van der Waals surface area (Å²) in [6.07, 6.45) is 1.01. The molecule has 0 aliphatic carbocycles. The molecule has 2 amide bonds. The molecule has 28 heavy (non-hydrogen) atoms. The summed E-state index contributed by atoms with van der Waals surface area (Å²) in [5.41, 5.74) is 2.69. The molecule has 6 heteroatoms. The van der Waals surface area contributed by atoms with Crippen LogP contribution in [0.15, 0.2) is 42.5 Å². The first-order chi connectivity index (χ1) is 13.5. The van der Waals surface area contributed by atoms with Gasteiger partial charge >= 0.3 is 0 Å². The second-order valence-electron chi connectivity index (χ2n) is 6.30. The average Bonchev–Trinajstić information content (AvgIpc) is 2.65. The largest absolute Gasteiger partial charge is 0.490 e. The molecule has 0 heterocycles. The summed E-state index contributed by atoms with van der Waals surface area (Å²) in [5, 5.41) is 5.64. The average molecular weight is 384 g/mol. The zero-order valence-electron chi connectivity index (χ0n) is 16.7. The topological polar surface area (TPSA) is 76.7 Å². The molecule has 6 nitrogen and oxygen atoms in total. The smallest absolute Gasteiger partial charge is 0.224 e. The molecule has 0 aliphatic heterocycles. The van der Waals surface area contributed by atoms with E-state index < -0.39 is 0 Å². The molecule has 2 aromatic rings. The van der Waals surface area contributed by atoms with Crippen molar-refractivity contribution in [1.82, 2.24) is 5.32 Å². The number of hydrogen-bond donors (Lipinski definition) is 2. The highest BCUT2D eigenvalue weighted by Crippen LogP contribution is 2.28. The summed E-state index contributed by atoms with van der Waals surface area (Å²) in [5.74, 6) is 1.31. The molecule has 2 N–H and O–H groups in total. The summed E-state index contributed by atoms with van der Waals surface area (Å²) in [6, 6.07) is 13.1. The summed E-state index contributed by atoms with van der Waals surface area (Å²) >= 11 is 0. The molecule has 0 saturated carbocycles. The fourth-order valence-corrected chi connectivity index (χ4v) is 2.75. The molecule has 0 spiro atoms. The Hall–Kier alpha value is -3.02. The van der Waals surface area contributed by atoms with Gasteiger partial charge < -0.3 is 20.1 Å². The maximum absolute atomic E-state index is 12.1. The van der Waals surface area contributed by atoms with E-state index in [1.54, 1.807) is 12.1 Å². The van der Waals surface area contributed by atoms with E-state index in [4.69, 9.17) is 9.47 Å². The van der Waals surface area contributed by atoms with Gasteiger partial charge in [-0.15, -0.1) is 0 Å². The van der Waals surface area contributed by atoms with Gasteiger partial charge in [-0.1, -0.05) is 18.2 Å². The minimum Gasteiger partial charge on any atom is -0.490 e. The van der Waals surface area contributed by atoms with E-state index in [9.17, 15) is 9.59 Å². The predicted molar refractivity (Wildman–Crippen MR) is 110 cm³/mol. The molecular formula is C22H28N2O4. The highest BCUT2D eigenvalue weighted by Gasteiger charge is 2.07. The zero-order valence-corrected chi connectivity index (χ0v) is 16.7. The van der Waals surface area contributed by atoms with Crippen LogP contribution in [0.4, 0.5) is 5.69 Å². The maximum atomic E-state index is 12.1. The Morgan fingerprint density at radius 1 is 0.893 bits per heavy atom. The van der Waals surface area contributed by atoms with Crippen molar-refractivity contribution < 1.29 is 19.1 Å². The Morgan fingerprint density at radius 2 is 1.54 bits per heavy atom. The number of carbonyl (C=O) groups is 2. The Labute approximate surface area is 166 Å². The van der Waals surface area contributed by atoms with E-state index in [-0.39, 0.29) is 11.8 Å². The molecule has 0 unspecified atom stereocenters. The highest BCUT2D eigenvalue weighted by molar-refractivity contribution is 5.88. The van der Waals surface area contributed by atoms with Gasteiger partial charge in [-0.2, -0.15) is 0 Å². The molecule has 2 aromatic carbocycles. The van der Waals surface area contributed by atoms with Crippen LogP contribution in [-0.2, 0) is 22.4 Å². The van der Waals surface area contributed by atoms with Gasteiger partial charge in [0.15, 0.2) is 11.5 Å². The van der Waals surface area contributed by atoms with E-state index in [2.05, 4.69) is 10.6 Å².